The summed E-state index contributed by atoms with van der Waals surface area (Å²) in [6.07, 6.45) is 3.27. The van der Waals surface area contributed by atoms with Gasteiger partial charge in [0.25, 0.3) is 0 Å². The highest BCUT2D eigenvalue weighted by Crippen LogP contribution is 2.21. The normalized spacial score (nSPS) is 12.3. The number of nitrogens with zero attached hydrogens (tertiary/aromatic N) is 4. The molecule has 0 amide bonds. The molecule has 0 radical (unpaired) electrons. The number of hydrogen-bond acceptors (Lipinski definition) is 5. The lowest BCUT2D eigenvalue weighted by atomic mass is 10.2. The fraction of sp³-hybridized carbons (Fsp3) is 0.267. The summed E-state index contributed by atoms with van der Waals surface area (Å²) in [7, 11) is 0. The fourth-order valence-electron chi connectivity index (χ4n) is 2.11. The number of rotatable bonds is 5. The third-order valence-electron chi connectivity index (χ3n) is 3.23. The predicted molar refractivity (Wildman–Crippen MR) is 84.5 cm³/mol. The van der Waals surface area contributed by atoms with Gasteiger partial charge < -0.3 is 5.32 Å². The molecular weight excluding hydrogens is 282 g/mol. The zero-order valence-corrected chi connectivity index (χ0v) is 12.8. The maximum Gasteiger partial charge on any atom is 0.137 e. The summed E-state index contributed by atoms with van der Waals surface area (Å²) < 4.78 is 1.81. The van der Waals surface area contributed by atoms with E-state index in [0.717, 1.165) is 22.9 Å². The van der Waals surface area contributed by atoms with Gasteiger partial charge in [-0.2, -0.15) is 5.10 Å². The van der Waals surface area contributed by atoms with Crippen molar-refractivity contribution in [3.63, 3.8) is 0 Å². The maximum atomic E-state index is 4.51. The van der Waals surface area contributed by atoms with Crippen LogP contribution in [-0.4, -0.2) is 19.7 Å². The molecule has 3 rings (SSSR count). The van der Waals surface area contributed by atoms with Crippen LogP contribution in [0.25, 0.3) is 0 Å². The van der Waals surface area contributed by atoms with Gasteiger partial charge >= 0.3 is 0 Å². The van der Waals surface area contributed by atoms with Gasteiger partial charge in [0.1, 0.15) is 12.7 Å². The Morgan fingerprint density at radius 1 is 1.29 bits per heavy atom. The first-order chi connectivity index (χ1) is 10.2. The highest BCUT2D eigenvalue weighted by Gasteiger charge is 2.08. The minimum absolute atomic E-state index is 0.205. The third kappa shape index (κ3) is 3.46. The van der Waals surface area contributed by atoms with E-state index >= 15 is 0 Å². The van der Waals surface area contributed by atoms with Crippen LogP contribution in [-0.2, 0) is 6.54 Å². The molecule has 0 aliphatic rings. The van der Waals surface area contributed by atoms with Crippen LogP contribution >= 0.6 is 11.3 Å². The number of benzene rings is 1. The van der Waals surface area contributed by atoms with Crippen molar-refractivity contribution in [1.82, 2.24) is 19.7 Å². The Hall–Kier alpha value is -2.21. The van der Waals surface area contributed by atoms with Crippen molar-refractivity contribution in [2.75, 3.05) is 5.32 Å². The van der Waals surface area contributed by atoms with Crippen LogP contribution in [0.15, 0.2) is 42.3 Å². The molecule has 0 saturated heterocycles. The summed E-state index contributed by atoms with van der Waals surface area (Å²) >= 11 is 1.68. The molecule has 1 unspecified atom stereocenters. The predicted octanol–water partition coefficient (Wildman–Crippen LogP) is 3.26. The molecule has 108 valence electrons. The number of thiazole rings is 1. The van der Waals surface area contributed by atoms with E-state index in [-0.39, 0.29) is 6.04 Å². The molecule has 21 heavy (non-hydrogen) atoms. The molecule has 0 bridgehead atoms. The summed E-state index contributed by atoms with van der Waals surface area (Å²) in [4.78, 5) is 8.46. The smallest absolute Gasteiger partial charge is 0.137 e. The number of aromatic nitrogens is 4. The van der Waals surface area contributed by atoms with E-state index in [1.54, 1.807) is 24.0 Å². The molecule has 0 spiro atoms. The number of anilines is 1. The molecule has 1 N–H and O–H groups in total. The fourth-order valence-corrected chi connectivity index (χ4v) is 2.82. The number of aryl methyl sites for hydroxylation is 1. The Bertz CT molecular complexity index is 687. The van der Waals surface area contributed by atoms with E-state index in [4.69, 9.17) is 0 Å². The Labute approximate surface area is 127 Å². The van der Waals surface area contributed by atoms with Crippen LogP contribution in [0.3, 0.4) is 0 Å². The van der Waals surface area contributed by atoms with Crippen molar-refractivity contribution in [3.05, 3.63) is 58.6 Å². The highest BCUT2D eigenvalue weighted by molar-refractivity contribution is 7.09. The number of nitrogens with one attached hydrogen (secondary N) is 1. The Kier molecular flexibility index (Phi) is 3.96. The van der Waals surface area contributed by atoms with Crippen molar-refractivity contribution in [2.24, 2.45) is 0 Å². The molecule has 6 heteroatoms. The lowest BCUT2D eigenvalue weighted by Crippen LogP contribution is -2.07. The lowest BCUT2D eigenvalue weighted by Gasteiger charge is -2.13. The van der Waals surface area contributed by atoms with Crippen molar-refractivity contribution in [3.8, 4) is 0 Å². The van der Waals surface area contributed by atoms with Crippen LogP contribution in [0.4, 0.5) is 5.69 Å². The maximum absolute atomic E-state index is 4.51. The summed E-state index contributed by atoms with van der Waals surface area (Å²) in [5.41, 5.74) is 3.38. The first-order valence-corrected chi connectivity index (χ1v) is 7.68. The molecule has 1 aromatic carbocycles. The van der Waals surface area contributed by atoms with Crippen LogP contribution in [0, 0.1) is 6.92 Å². The second-order valence-electron chi connectivity index (χ2n) is 4.95. The van der Waals surface area contributed by atoms with E-state index in [1.165, 1.54) is 5.56 Å². The van der Waals surface area contributed by atoms with Gasteiger partial charge in [-0.1, -0.05) is 12.1 Å². The summed E-state index contributed by atoms with van der Waals surface area (Å²) in [6, 6.07) is 8.58. The van der Waals surface area contributed by atoms with Crippen molar-refractivity contribution in [1.29, 1.82) is 0 Å². The SMILES string of the molecule is Cc1nc(C(C)Nc2ccc(Cn3cncn3)cc2)cs1. The van der Waals surface area contributed by atoms with Gasteiger partial charge in [-0.25, -0.2) is 14.6 Å². The highest BCUT2D eigenvalue weighted by atomic mass is 32.1. The second-order valence-corrected chi connectivity index (χ2v) is 6.01. The van der Waals surface area contributed by atoms with Crippen LogP contribution in [0.1, 0.15) is 29.2 Å². The summed E-state index contributed by atoms with van der Waals surface area (Å²) in [5.74, 6) is 0. The molecule has 2 aromatic heterocycles. The van der Waals surface area contributed by atoms with Gasteiger partial charge in [-0.15, -0.1) is 11.3 Å². The molecule has 0 aliphatic heterocycles. The van der Waals surface area contributed by atoms with E-state index < -0.39 is 0 Å². The zero-order chi connectivity index (χ0) is 14.7. The Morgan fingerprint density at radius 3 is 2.71 bits per heavy atom. The van der Waals surface area contributed by atoms with Gasteiger partial charge in [0.2, 0.25) is 0 Å². The summed E-state index contributed by atoms with van der Waals surface area (Å²) in [6.45, 7) is 4.89. The Morgan fingerprint density at radius 2 is 2.10 bits per heavy atom. The average Bonchev–Trinajstić information content (AvgIpc) is 3.12. The van der Waals surface area contributed by atoms with E-state index in [1.807, 2.05) is 11.6 Å². The van der Waals surface area contributed by atoms with E-state index in [9.17, 15) is 0 Å². The first-order valence-electron chi connectivity index (χ1n) is 6.80. The number of hydrogen-bond donors (Lipinski definition) is 1. The average molecular weight is 299 g/mol. The largest absolute Gasteiger partial charge is 0.377 e. The van der Waals surface area contributed by atoms with Gasteiger partial charge in [0.05, 0.1) is 23.3 Å². The molecular formula is C15H17N5S. The molecule has 0 fully saturated rings. The van der Waals surface area contributed by atoms with Gasteiger partial charge in [-0.3, -0.25) is 0 Å². The summed E-state index contributed by atoms with van der Waals surface area (Å²) in [5, 5.41) is 10.8. The molecule has 1 atom stereocenters. The van der Waals surface area contributed by atoms with Gasteiger partial charge in [0, 0.05) is 11.1 Å². The zero-order valence-electron chi connectivity index (χ0n) is 12.0. The second kappa shape index (κ2) is 6.05. The van der Waals surface area contributed by atoms with E-state index in [0.29, 0.717) is 0 Å². The van der Waals surface area contributed by atoms with Gasteiger partial charge in [-0.05, 0) is 31.5 Å². The van der Waals surface area contributed by atoms with Gasteiger partial charge in [0.15, 0.2) is 0 Å². The third-order valence-corrected chi connectivity index (χ3v) is 4.02. The molecule has 2 heterocycles. The minimum atomic E-state index is 0.205. The van der Waals surface area contributed by atoms with Crippen LogP contribution in [0.2, 0.25) is 0 Å². The minimum Gasteiger partial charge on any atom is -0.377 e. The molecule has 0 saturated carbocycles. The Balaban J connectivity index is 1.64. The van der Waals surface area contributed by atoms with Crippen LogP contribution in [0.5, 0.6) is 0 Å². The van der Waals surface area contributed by atoms with Crippen molar-refractivity contribution >= 4 is 17.0 Å². The van der Waals surface area contributed by atoms with Crippen molar-refractivity contribution in [2.45, 2.75) is 26.4 Å². The molecule has 3 aromatic rings. The topological polar surface area (TPSA) is 55.6 Å². The van der Waals surface area contributed by atoms with E-state index in [2.05, 4.69) is 57.0 Å². The quantitative estimate of drug-likeness (QED) is 0.785. The lowest BCUT2D eigenvalue weighted by molar-refractivity contribution is 0.685. The van der Waals surface area contributed by atoms with Crippen molar-refractivity contribution < 1.29 is 0 Å². The monoisotopic (exact) mass is 299 g/mol. The first kappa shape index (κ1) is 13.8. The molecule has 5 nitrogen and oxygen atoms in total. The standard InChI is InChI=1S/C15H17N5S/c1-11(15-8-21-12(2)19-15)18-14-5-3-13(4-6-14)7-20-10-16-9-17-20/h3-6,8-11,18H,7H2,1-2H3. The molecule has 0 aliphatic carbocycles. The van der Waals surface area contributed by atoms with Crippen LogP contribution < -0.4 is 5.32 Å².